The highest BCUT2D eigenvalue weighted by Crippen LogP contribution is 2.17. The molecule has 1 aromatic rings. The van der Waals surface area contributed by atoms with E-state index < -0.39 is 0 Å². The summed E-state index contributed by atoms with van der Waals surface area (Å²) in [5, 5.41) is 6.07. The van der Waals surface area contributed by atoms with Gasteiger partial charge in [0.15, 0.2) is 0 Å². The predicted octanol–water partition coefficient (Wildman–Crippen LogP) is 2.92. The van der Waals surface area contributed by atoms with Gasteiger partial charge in [0.1, 0.15) is 5.69 Å². The van der Waals surface area contributed by atoms with Gasteiger partial charge in [-0.05, 0) is 41.6 Å². The Morgan fingerprint density at radius 3 is 2.40 bits per heavy atom. The zero-order valence-electron chi connectivity index (χ0n) is 7.96. The molecule has 0 saturated heterocycles. The van der Waals surface area contributed by atoms with Gasteiger partial charge in [0.05, 0.1) is 18.6 Å². The van der Waals surface area contributed by atoms with E-state index in [2.05, 4.69) is 10.5 Å². The number of ether oxygens (including phenoxy) is 1. The van der Waals surface area contributed by atoms with E-state index in [0.29, 0.717) is 5.69 Å². The number of anilines is 1. The fourth-order valence-electron chi connectivity index (χ4n) is 1.28. The SMILES string of the molecule is O=Nc1ccc(NC2C=COC=C2)cc1. The van der Waals surface area contributed by atoms with Crippen molar-refractivity contribution in [3.8, 4) is 0 Å². The Kier molecular flexibility index (Phi) is 2.78. The van der Waals surface area contributed by atoms with Crippen molar-refractivity contribution < 1.29 is 4.74 Å². The molecule has 0 saturated carbocycles. The van der Waals surface area contributed by atoms with Gasteiger partial charge in [-0.3, -0.25) is 0 Å². The molecule has 1 aromatic carbocycles. The highest BCUT2D eigenvalue weighted by molar-refractivity contribution is 5.52. The number of rotatable bonds is 3. The van der Waals surface area contributed by atoms with Gasteiger partial charge in [-0.1, -0.05) is 0 Å². The zero-order valence-corrected chi connectivity index (χ0v) is 7.96. The van der Waals surface area contributed by atoms with Gasteiger partial charge in [0.25, 0.3) is 0 Å². The third-order valence-electron chi connectivity index (χ3n) is 2.03. The van der Waals surface area contributed by atoms with Gasteiger partial charge >= 0.3 is 0 Å². The molecular weight excluding hydrogens is 192 g/mol. The van der Waals surface area contributed by atoms with Crippen LogP contribution in [0.15, 0.2) is 54.1 Å². The van der Waals surface area contributed by atoms with E-state index in [0.717, 1.165) is 5.69 Å². The molecule has 1 heterocycles. The van der Waals surface area contributed by atoms with Gasteiger partial charge in [-0.25, -0.2) is 0 Å². The molecule has 0 radical (unpaired) electrons. The van der Waals surface area contributed by atoms with Gasteiger partial charge in [0.2, 0.25) is 0 Å². The molecule has 0 aliphatic carbocycles. The first-order chi connectivity index (χ1) is 7.38. The number of nitroso groups, excluding NO2 is 1. The summed E-state index contributed by atoms with van der Waals surface area (Å²) < 4.78 is 4.92. The van der Waals surface area contributed by atoms with Gasteiger partial charge in [-0.15, -0.1) is 4.91 Å². The number of hydrogen-bond acceptors (Lipinski definition) is 4. The molecule has 1 aliphatic rings. The first-order valence-electron chi connectivity index (χ1n) is 4.57. The van der Waals surface area contributed by atoms with Crippen LogP contribution in [-0.2, 0) is 4.74 Å². The molecule has 1 aliphatic heterocycles. The molecule has 0 spiro atoms. The molecule has 0 aromatic heterocycles. The maximum atomic E-state index is 10.2. The van der Waals surface area contributed by atoms with Crippen molar-refractivity contribution in [2.45, 2.75) is 6.04 Å². The van der Waals surface area contributed by atoms with Crippen molar-refractivity contribution >= 4 is 11.4 Å². The topological polar surface area (TPSA) is 50.7 Å². The molecule has 0 atom stereocenters. The highest BCUT2D eigenvalue weighted by atomic mass is 16.5. The summed E-state index contributed by atoms with van der Waals surface area (Å²) in [7, 11) is 0. The third-order valence-corrected chi connectivity index (χ3v) is 2.03. The summed E-state index contributed by atoms with van der Waals surface area (Å²) >= 11 is 0. The second kappa shape index (κ2) is 4.41. The molecule has 4 nitrogen and oxygen atoms in total. The van der Waals surface area contributed by atoms with E-state index in [1.54, 1.807) is 24.7 Å². The van der Waals surface area contributed by atoms with Crippen LogP contribution in [0.2, 0.25) is 0 Å². The second-order valence-electron chi connectivity index (χ2n) is 3.10. The van der Waals surface area contributed by atoms with E-state index >= 15 is 0 Å². The number of nitrogens with zero attached hydrogens (tertiary/aromatic N) is 1. The number of nitrogens with one attached hydrogen (secondary N) is 1. The monoisotopic (exact) mass is 202 g/mol. The molecular formula is C11H10N2O2. The van der Waals surface area contributed by atoms with E-state index in [1.807, 2.05) is 24.3 Å². The Hall–Kier alpha value is -2.10. The zero-order chi connectivity index (χ0) is 10.5. The van der Waals surface area contributed by atoms with Crippen LogP contribution in [0.25, 0.3) is 0 Å². The van der Waals surface area contributed by atoms with Crippen molar-refractivity contribution in [1.82, 2.24) is 0 Å². The summed E-state index contributed by atoms with van der Waals surface area (Å²) in [4.78, 5) is 10.2. The van der Waals surface area contributed by atoms with Crippen LogP contribution >= 0.6 is 0 Å². The van der Waals surface area contributed by atoms with Crippen molar-refractivity contribution in [2.24, 2.45) is 5.18 Å². The molecule has 76 valence electrons. The van der Waals surface area contributed by atoms with Gasteiger partial charge < -0.3 is 10.1 Å². The highest BCUT2D eigenvalue weighted by Gasteiger charge is 2.03. The van der Waals surface area contributed by atoms with E-state index in [-0.39, 0.29) is 6.04 Å². The molecule has 0 bridgehead atoms. The summed E-state index contributed by atoms with van der Waals surface area (Å²) in [6.07, 6.45) is 7.04. The van der Waals surface area contributed by atoms with E-state index in [4.69, 9.17) is 4.74 Å². The van der Waals surface area contributed by atoms with Crippen LogP contribution in [-0.4, -0.2) is 6.04 Å². The minimum absolute atomic E-state index is 0.119. The second-order valence-corrected chi connectivity index (χ2v) is 3.10. The number of hydrogen-bond donors (Lipinski definition) is 1. The fourth-order valence-corrected chi connectivity index (χ4v) is 1.28. The van der Waals surface area contributed by atoms with Crippen LogP contribution in [0, 0.1) is 4.91 Å². The summed E-state index contributed by atoms with van der Waals surface area (Å²) in [5.41, 5.74) is 1.36. The van der Waals surface area contributed by atoms with Gasteiger partial charge in [-0.2, -0.15) is 0 Å². The number of benzene rings is 1. The predicted molar refractivity (Wildman–Crippen MR) is 58.7 cm³/mol. The summed E-state index contributed by atoms with van der Waals surface area (Å²) in [5.74, 6) is 0. The Balaban J connectivity index is 2.04. The average Bonchev–Trinajstić information content (AvgIpc) is 2.31. The van der Waals surface area contributed by atoms with Crippen LogP contribution in [0.3, 0.4) is 0 Å². The van der Waals surface area contributed by atoms with Crippen molar-refractivity contribution in [1.29, 1.82) is 0 Å². The standard InChI is InChI=1S/C11H10N2O2/c14-13-11-3-1-9(2-4-11)12-10-5-7-15-8-6-10/h1-8,10,12H. The largest absolute Gasteiger partial charge is 0.473 e. The van der Waals surface area contributed by atoms with E-state index in [9.17, 15) is 4.91 Å². The third kappa shape index (κ3) is 2.43. The van der Waals surface area contributed by atoms with Crippen LogP contribution in [0.4, 0.5) is 11.4 Å². The minimum Gasteiger partial charge on any atom is -0.473 e. The lowest BCUT2D eigenvalue weighted by Crippen LogP contribution is -2.15. The summed E-state index contributed by atoms with van der Waals surface area (Å²) in [6, 6.07) is 7.08. The van der Waals surface area contributed by atoms with Crippen LogP contribution < -0.4 is 5.32 Å². The molecule has 2 rings (SSSR count). The van der Waals surface area contributed by atoms with Crippen molar-refractivity contribution in [3.63, 3.8) is 0 Å². The maximum Gasteiger partial charge on any atom is 0.108 e. The fraction of sp³-hybridized carbons (Fsp3) is 0.0909. The van der Waals surface area contributed by atoms with Gasteiger partial charge in [0, 0.05) is 5.69 Å². The lowest BCUT2D eigenvalue weighted by atomic mass is 10.2. The quantitative estimate of drug-likeness (QED) is 0.766. The molecule has 4 heteroatoms. The van der Waals surface area contributed by atoms with E-state index in [1.165, 1.54) is 0 Å². The lowest BCUT2D eigenvalue weighted by Gasteiger charge is -2.14. The summed E-state index contributed by atoms with van der Waals surface area (Å²) in [6.45, 7) is 0. The van der Waals surface area contributed by atoms with Crippen LogP contribution in [0.5, 0.6) is 0 Å². The Bertz CT molecular complexity index is 384. The molecule has 0 unspecified atom stereocenters. The Morgan fingerprint density at radius 1 is 1.13 bits per heavy atom. The maximum absolute atomic E-state index is 10.2. The molecule has 1 N–H and O–H groups in total. The van der Waals surface area contributed by atoms with Crippen molar-refractivity contribution in [3.05, 3.63) is 53.8 Å². The first kappa shape index (κ1) is 9.45. The molecule has 0 fully saturated rings. The first-order valence-corrected chi connectivity index (χ1v) is 4.57. The normalized spacial score (nSPS) is 14.7. The Labute approximate surface area is 87.2 Å². The average molecular weight is 202 g/mol. The molecule has 0 amide bonds. The molecule has 15 heavy (non-hydrogen) atoms. The smallest absolute Gasteiger partial charge is 0.108 e. The van der Waals surface area contributed by atoms with Crippen LogP contribution in [0.1, 0.15) is 0 Å². The Morgan fingerprint density at radius 2 is 1.80 bits per heavy atom. The lowest BCUT2D eigenvalue weighted by molar-refractivity contribution is 0.391. The minimum atomic E-state index is 0.119. The van der Waals surface area contributed by atoms with Crippen molar-refractivity contribution in [2.75, 3.05) is 5.32 Å².